The lowest BCUT2D eigenvalue weighted by molar-refractivity contribution is -0.248. The second-order valence-corrected chi connectivity index (χ2v) is 6.23. The third-order valence-corrected chi connectivity index (χ3v) is 4.40. The highest BCUT2D eigenvalue weighted by atomic mass is 19.4. The number of ether oxygens (including phenoxy) is 1. The number of aliphatic hydroxyl groups is 1. The van der Waals surface area contributed by atoms with Gasteiger partial charge >= 0.3 is 6.18 Å². The maximum absolute atomic E-state index is 14.0. The second kappa shape index (κ2) is 8.00. The zero-order valence-corrected chi connectivity index (χ0v) is 15.7. The first-order valence-corrected chi connectivity index (χ1v) is 8.43. The van der Waals surface area contributed by atoms with E-state index in [4.69, 9.17) is 4.74 Å². The van der Waals surface area contributed by atoms with Gasteiger partial charge in [0.15, 0.2) is 0 Å². The molecule has 146 valence electrons. The fourth-order valence-corrected chi connectivity index (χ4v) is 2.66. The van der Waals surface area contributed by atoms with Crippen molar-refractivity contribution in [2.45, 2.75) is 25.6 Å². The topological polar surface area (TPSA) is 45.1 Å². The molecule has 0 amide bonds. The van der Waals surface area contributed by atoms with E-state index in [-0.39, 0.29) is 16.9 Å². The lowest BCUT2D eigenvalue weighted by Crippen LogP contribution is -2.43. The van der Waals surface area contributed by atoms with Crippen molar-refractivity contribution in [3.63, 3.8) is 0 Å². The van der Waals surface area contributed by atoms with Crippen LogP contribution < -0.4 is 4.74 Å². The van der Waals surface area contributed by atoms with Crippen molar-refractivity contribution in [2.24, 2.45) is 4.99 Å². The quantitative estimate of drug-likeness (QED) is 0.596. The summed E-state index contributed by atoms with van der Waals surface area (Å²) in [4.78, 5) is 6.13. The highest BCUT2D eigenvalue weighted by molar-refractivity contribution is 5.66. The molecule has 2 aromatic rings. The maximum Gasteiger partial charge on any atom is 0.425 e. The lowest BCUT2D eigenvalue weighted by Gasteiger charge is -2.33. The number of aryl methyl sites for hydroxylation is 1. The van der Waals surface area contributed by atoms with Crippen LogP contribution in [0.5, 0.6) is 5.75 Å². The van der Waals surface area contributed by atoms with Gasteiger partial charge in [0.1, 0.15) is 5.75 Å². The summed E-state index contributed by atoms with van der Waals surface area (Å²) in [5.41, 5.74) is -2.90. The summed E-state index contributed by atoms with van der Waals surface area (Å²) in [5.74, 6) is -0.0874. The van der Waals surface area contributed by atoms with E-state index in [9.17, 15) is 18.3 Å². The third kappa shape index (κ3) is 4.08. The molecule has 2 rings (SSSR count). The van der Waals surface area contributed by atoms with Gasteiger partial charge in [-0.15, -0.1) is 0 Å². The molecule has 0 bridgehead atoms. The third-order valence-electron chi connectivity index (χ3n) is 4.40. The smallest absolute Gasteiger partial charge is 0.425 e. The summed E-state index contributed by atoms with van der Waals surface area (Å²) in [7, 11) is 3.10. The molecule has 0 unspecified atom stereocenters. The summed E-state index contributed by atoms with van der Waals surface area (Å²) in [6.07, 6.45) is -3.35. The van der Waals surface area contributed by atoms with E-state index in [1.54, 1.807) is 19.3 Å². The lowest BCUT2D eigenvalue weighted by atomic mass is 9.84. The van der Waals surface area contributed by atoms with E-state index in [0.717, 1.165) is 6.54 Å². The zero-order valence-electron chi connectivity index (χ0n) is 15.7. The van der Waals surface area contributed by atoms with Crippen LogP contribution in [0.4, 0.5) is 18.9 Å². The summed E-state index contributed by atoms with van der Waals surface area (Å²) in [6.45, 7) is 4.33. The minimum atomic E-state index is -4.94. The first-order valence-electron chi connectivity index (χ1n) is 8.43. The number of aliphatic imine (C=N–C) groups is 1. The Morgan fingerprint density at radius 1 is 1.19 bits per heavy atom. The van der Waals surface area contributed by atoms with Crippen molar-refractivity contribution < 1.29 is 23.0 Å². The molecule has 2 aromatic carbocycles. The number of rotatable bonds is 6. The highest BCUT2D eigenvalue weighted by Crippen LogP contribution is 2.48. The van der Waals surface area contributed by atoms with E-state index >= 15 is 0 Å². The molecule has 0 aliphatic carbocycles. The Balaban J connectivity index is 2.68. The monoisotopic (exact) mass is 380 g/mol. The van der Waals surface area contributed by atoms with Crippen LogP contribution in [0, 0.1) is 6.92 Å². The van der Waals surface area contributed by atoms with Gasteiger partial charge in [-0.3, -0.25) is 0 Å². The Hall–Kier alpha value is -2.54. The van der Waals surface area contributed by atoms with E-state index < -0.39 is 11.8 Å². The Kier molecular flexibility index (Phi) is 6.15. The molecule has 0 aromatic heterocycles. The predicted octanol–water partition coefficient (Wildman–Crippen LogP) is 4.41. The number of nitrogens with zero attached hydrogens (tertiary/aromatic N) is 2. The highest BCUT2D eigenvalue weighted by Gasteiger charge is 2.57. The van der Waals surface area contributed by atoms with Gasteiger partial charge in [0.05, 0.1) is 19.1 Å². The first-order chi connectivity index (χ1) is 12.6. The van der Waals surface area contributed by atoms with Gasteiger partial charge in [-0.1, -0.05) is 30.3 Å². The SMILES string of the molecule is CCN(C)C=Nc1cc(OC)c([C@@](O)(c2ccccc2)C(F)(F)F)cc1C. The number of methoxy groups -OCH3 is 1. The predicted molar refractivity (Wildman–Crippen MR) is 99.7 cm³/mol. The largest absolute Gasteiger partial charge is 0.496 e. The molecule has 7 heteroatoms. The van der Waals surface area contributed by atoms with Gasteiger partial charge in [0.2, 0.25) is 5.60 Å². The minimum absolute atomic E-state index is 0.0874. The van der Waals surface area contributed by atoms with Crippen molar-refractivity contribution >= 4 is 12.0 Å². The van der Waals surface area contributed by atoms with E-state index in [1.807, 2.05) is 18.9 Å². The number of alkyl halides is 3. The molecule has 0 spiro atoms. The standard InChI is InChI=1S/C20H23F3N2O2/c1-5-25(3)13-24-17-12-18(27-4)16(11-14(17)2)19(26,20(21,22)23)15-9-7-6-8-10-15/h6-13,26H,5H2,1-4H3/t19-/m0/s1. The number of halogens is 3. The second-order valence-electron chi connectivity index (χ2n) is 6.23. The maximum atomic E-state index is 14.0. The molecule has 0 heterocycles. The van der Waals surface area contributed by atoms with Crippen molar-refractivity contribution in [1.29, 1.82) is 0 Å². The van der Waals surface area contributed by atoms with E-state index in [1.165, 1.54) is 43.5 Å². The normalized spacial score (nSPS) is 14.2. The number of hydrogen-bond acceptors (Lipinski definition) is 3. The van der Waals surface area contributed by atoms with Gasteiger partial charge in [0, 0.05) is 25.2 Å². The fraction of sp³-hybridized carbons (Fsp3) is 0.350. The molecule has 0 aliphatic rings. The average molecular weight is 380 g/mol. The summed E-state index contributed by atoms with van der Waals surface area (Å²) in [5, 5.41) is 10.8. The molecule has 27 heavy (non-hydrogen) atoms. The van der Waals surface area contributed by atoms with Crippen LogP contribution in [0.3, 0.4) is 0 Å². The van der Waals surface area contributed by atoms with E-state index in [0.29, 0.717) is 11.3 Å². The first kappa shape index (κ1) is 20.8. The van der Waals surface area contributed by atoms with Crippen LogP contribution in [0.25, 0.3) is 0 Å². The molecular formula is C20H23F3N2O2. The van der Waals surface area contributed by atoms with Gasteiger partial charge in [-0.05, 0) is 31.0 Å². The summed E-state index contributed by atoms with van der Waals surface area (Å²) in [6, 6.07) is 9.65. The Morgan fingerprint density at radius 2 is 1.81 bits per heavy atom. The number of hydrogen-bond donors (Lipinski definition) is 1. The molecule has 0 saturated carbocycles. The fourth-order valence-electron chi connectivity index (χ4n) is 2.66. The molecule has 1 N–H and O–H groups in total. The molecule has 0 aliphatic heterocycles. The molecular weight excluding hydrogens is 357 g/mol. The number of benzene rings is 2. The Morgan fingerprint density at radius 3 is 2.33 bits per heavy atom. The summed E-state index contributed by atoms with van der Waals surface area (Å²) >= 11 is 0. The van der Waals surface area contributed by atoms with Crippen LogP contribution in [-0.4, -0.2) is 43.2 Å². The average Bonchev–Trinajstić information content (AvgIpc) is 2.65. The molecule has 0 saturated heterocycles. The van der Waals surface area contributed by atoms with Gasteiger partial charge in [-0.25, -0.2) is 4.99 Å². The zero-order chi connectivity index (χ0) is 20.2. The molecule has 1 atom stereocenters. The Bertz CT molecular complexity index is 807. The van der Waals surface area contributed by atoms with Crippen LogP contribution in [0.2, 0.25) is 0 Å². The van der Waals surface area contributed by atoms with Crippen LogP contribution in [0.1, 0.15) is 23.6 Å². The van der Waals surface area contributed by atoms with Gasteiger partial charge in [0.25, 0.3) is 0 Å². The van der Waals surface area contributed by atoms with Gasteiger partial charge in [-0.2, -0.15) is 13.2 Å². The van der Waals surface area contributed by atoms with Crippen molar-refractivity contribution in [1.82, 2.24) is 4.90 Å². The van der Waals surface area contributed by atoms with Gasteiger partial charge < -0.3 is 14.7 Å². The minimum Gasteiger partial charge on any atom is -0.496 e. The Labute approximate surface area is 156 Å². The van der Waals surface area contributed by atoms with Crippen molar-refractivity contribution in [3.05, 3.63) is 59.2 Å². The molecule has 4 nitrogen and oxygen atoms in total. The summed E-state index contributed by atoms with van der Waals surface area (Å²) < 4.78 is 47.1. The van der Waals surface area contributed by atoms with Crippen molar-refractivity contribution in [2.75, 3.05) is 20.7 Å². The van der Waals surface area contributed by atoms with E-state index in [2.05, 4.69) is 4.99 Å². The van der Waals surface area contributed by atoms with Crippen LogP contribution >= 0.6 is 0 Å². The molecule has 0 radical (unpaired) electrons. The molecule has 0 fully saturated rings. The van der Waals surface area contributed by atoms with Crippen molar-refractivity contribution in [3.8, 4) is 5.75 Å². The van der Waals surface area contributed by atoms with Crippen LogP contribution in [-0.2, 0) is 5.60 Å². The van der Waals surface area contributed by atoms with Crippen LogP contribution in [0.15, 0.2) is 47.5 Å².